The average molecular weight is 427 g/mol. The molecule has 30 heavy (non-hydrogen) atoms. The second-order valence-electron chi connectivity index (χ2n) is 8.39. The molecule has 1 aliphatic rings. The van der Waals surface area contributed by atoms with Gasteiger partial charge in [0, 0.05) is 25.2 Å². The Kier molecular flexibility index (Phi) is 5.93. The van der Waals surface area contributed by atoms with Gasteiger partial charge < -0.3 is 4.57 Å². The Morgan fingerprint density at radius 1 is 1.07 bits per heavy atom. The van der Waals surface area contributed by atoms with Crippen LogP contribution in [0.1, 0.15) is 60.7 Å². The second kappa shape index (κ2) is 8.47. The molecule has 3 aromatic rings. The molecular formula is C23H30N4O2S. The minimum absolute atomic E-state index is 0.310. The fourth-order valence-corrected chi connectivity index (χ4v) is 5.82. The smallest absolute Gasteiger partial charge is 0.240 e. The van der Waals surface area contributed by atoms with Gasteiger partial charge in [-0.1, -0.05) is 25.3 Å². The van der Waals surface area contributed by atoms with Crippen LogP contribution in [-0.2, 0) is 16.4 Å². The summed E-state index contributed by atoms with van der Waals surface area (Å²) < 4.78 is 30.9. The number of aromatic nitrogens is 3. The van der Waals surface area contributed by atoms with Crippen molar-refractivity contribution in [3.63, 3.8) is 0 Å². The fourth-order valence-electron chi connectivity index (χ4n) is 4.47. The van der Waals surface area contributed by atoms with Crippen LogP contribution in [0.2, 0.25) is 0 Å². The van der Waals surface area contributed by atoms with Crippen LogP contribution in [0.15, 0.2) is 35.4 Å². The van der Waals surface area contributed by atoms with Crippen molar-refractivity contribution >= 4 is 21.2 Å². The van der Waals surface area contributed by atoms with E-state index in [0.717, 1.165) is 46.5 Å². The van der Waals surface area contributed by atoms with Gasteiger partial charge in [0.2, 0.25) is 10.0 Å². The molecule has 0 spiro atoms. The standard InChI is InChI=1S/C23H30N4O2S/c1-16-14-18(3)21(15-17(16)2)30(28,29)25-13-11-22-26-20-10-7-12-24-23(20)27(22)19-8-5-4-6-9-19/h7,10,12,14-15,19,25H,4-6,8-9,11,13H2,1-3H3. The van der Waals surface area contributed by atoms with Gasteiger partial charge in [-0.3, -0.25) is 0 Å². The molecule has 1 N–H and O–H groups in total. The van der Waals surface area contributed by atoms with E-state index in [1.54, 1.807) is 12.3 Å². The maximum absolute atomic E-state index is 12.9. The zero-order chi connectivity index (χ0) is 21.3. The molecule has 0 aliphatic heterocycles. The van der Waals surface area contributed by atoms with E-state index in [9.17, 15) is 8.42 Å². The van der Waals surface area contributed by atoms with Crippen molar-refractivity contribution in [2.45, 2.75) is 70.2 Å². The number of nitrogens with zero attached hydrogens (tertiary/aromatic N) is 3. The maximum Gasteiger partial charge on any atom is 0.240 e. The van der Waals surface area contributed by atoms with Gasteiger partial charge in [0.05, 0.1) is 4.90 Å². The number of fused-ring (bicyclic) bond motifs is 1. The third kappa shape index (κ3) is 4.14. The maximum atomic E-state index is 12.9. The summed E-state index contributed by atoms with van der Waals surface area (Å²) in [5, 5.41) is 0. The normalized spacial score (nSPS) is 15.7. The minimum Gasteiger partial charge on any atom is -0.310 e. The first-order chi connectivity index (χ1) is 14.4. The Hall–Kier alpha value is -2.25. The van der Waals surface area contributed by atoms with Crippen molar-refractivity contribution in [1.29, 1.82) is 0 Å². The summed E-state index contributed by atoms with van der Waals surface area (Å²) in [5.74, 6) is 0.912. The van der Waals surface area contributed by atoms with Crippen LogP contribution in [0.5, 0.6) is 0 Å². The number of imidazole rings is 1. The van der Waals surface area contributed by atoms with Crippen LogP contribution in [0, 0.1) is 20.8 Å². The number of rotatable bonds is 6. The minimum atomic E-state index is -3.57. The monoisotopic (exact) mass is 426 g/mol. The van der Waals surface area contributed by atoms with Crippen LogP contribution < -0.4 is 4.72 Å². The van der Waals surface area contributed by atoms with Crippen molar-refractivity contribution in [1.82, 2.24) is 19.3 Å². The van der Waals surface area contributed by atoms with Gasteiger partial charge in [-0.15, -0.1) is 0 Å². The summed E-state index contributed by atoms with van der Waals surface area (Å²) in [7, 11) is -3.57. The first-order valence-electron chi connectivity index (χ1n) is 10.8. The molecule has 1 aliphatic carbocycles. The highest BCUT2D eigenvalue weighted by molar-refractivity contribution is 7.89. The second-order valence-corrected chi connectivity index (χ2v) is 10.1. The SMILES string of the molecule is Cc1cc(C)c(S(=O)(=O)NCCc2nc3cccnc3n2C2CCCCC2)cc1C. The lowest BCUT2D eigenvalue weighted by Gasteiger charge is -2.25. The third-order valence-electron chi connectivity index (χ3n) is 6.18. The first-order valence-corrected chi connectivity index (χ1v) is 12.2. The lowest BCUT2D eigenvalue weighted by atomic mass is 9.95. The van der Waals surface area contributed by atoms with Crippen molar-refractivity contribution in [3.05, 3.63) is 53.0 Å². The van der Waals surface area contributed by atoms with E-state index in [2.05, 4.69) is 14.3 Å². The Bertz CT molecular complexity index is 1160. The molecule has 7 heteroatoms. The predicted molar refractivity (Wildman–Crippen MR) is 119 cm³/mol. The summed E-state index contributed by atoms with van der Waals surface area (Å²) in [4.78, 5) is 9.72. The molecule has 0 unspecified atom stereocenters. The van der Waals surface area contributed by atoms with Gasteiger partial charge in [0.1, 0.15) is 11.3 Å². The van der Waals surface area contributed by atoms with Crippen LogP contribution >= 0.6 is 0 Å². The third-order valence-corrected chi connectivity index (χ3v) is 7.79. The van der Waals surface area contributed by atoms with Gasteiger partial charge in [-0.25, -0.2) is 23.1 Å². The molecule has 2 heterocycles. The number of aryl methyl sites for hydroxylation is 3. The molecule has 0 bridgehead atoms. The zero-order valence-electron chi connectivity index (χ0n) is 18.0. The lowest BCUT2D eigenvalue weighted by molar-refractivity contribution is 0.351. The van der Waals surface area contributed by atoms with Gasteiger partial charge in [0.15, 0.2) is 5.65 Å². The number of pyridine rings is 1. The summed E-state index contributed by atoms with van der Waals surface area (Å²) in [6.45, 7) is 6.09. The molecule has 1 aromatic carbocycles. The van der Waals surface area contributed by atoms with Crippen molar-refractivity contribution in [2.24, 2.45) is 0 Å². The summed E-state index contributed by atoms with van der Waals surface area (Å²) in [6.07, 6.45) is 8.31. The van der Waals surface area contributed by atoms with Crippen LogP contribution in [-0.4, -0.2) is 29.5 Å². The van der Waals surface area contributed by atoms with Gasteiger partial charge in [-0.2, -0.15) is 0 Å². The van der Waals surface area contributed by atoms with Gasteiger partial charge >= 0.3 is 0 Å². The van der Waals surface area contributed by atoms with Crippen LogP contribution in [0.4, 0.5) is 0 Å². The highest BCUT2D eigenvalue weighted by Gasteiger charge is 2.23. The van der Waals surface area contributed by atoms with Crippen molar-refractivity contribution in [2.75, 3.05) is 6.54 Å². The first kappa shape index (κ1) is 21.0. The Balaban J connectivity index is 1.56. The van der Waals surface area contributed by atoms with Crippen LogP contribution in [0.25, 0.3) is 11.2 Å². The number of sulfonamides is 1. The largest absolute Gasteiger partial charge is 0.310 e. The zero-order valence-corrected chi connectivity index (χ0v) is 18.8. The number of nitrogens with one attached hydrogen (secondary N) is 1. The summed E-state index contributed by atoms with van der Waals surface area (Å²) >= 11 is 0. The lowest BCUT2D eigenvalue weighted by Crippen LogP contribution is -2.28. The number of benzene rings is 1. The van der Waals surface area contributed by atoms with Gasteiger partial charge in [0.25, 0.3) is 0 Å². The quantitative estimate of drug-likeness (QED) is 0.634. The van der Waals surface area contributed by atoms with E-state index in [0.29, 0.717) is 23.9 Å². The molecule has 160 valence electrons. The van der Waals surface area contributed by atoms with Crippen molar-refractivity contribution in [3.8, 4) is 0 Å². The van der Waals surface area contributed by atoms with E-state index < -0.39 is 10.0 Å². The molecule has 2 aromatic heterocycles. The Morgan fingerprint density at radius 3 is 2.57 bits per heavy atom. The molecule has 1 fully saturated rings. The van der Waals surface area contributed by atoms with E-state index in [-0.39, 0.29) is 0 Å². The highest BCUT2D eigenvalue weighted by Crippen LogP contribution is 2.32. The van der Waals surface area contributed by atoms with Crippen LogP contribution in [0.3, 0.4) is 0 Å². The van der Waals surface area contributed by atoms with E-state index >= 15 is 0 Å². The molecule has 0 radical (unpaired) electrons. The Labute approximate surface area is 178 Å². The molecule has 6 nitrogen and oxygen atoms in total. The fraction of sp³-hybridized carbons (Fsp3) is 0.478. The molecular weight excluding hydrogens is 396 g/mol. The van der Waals surface area contributed by atoms with Gasteiger partial charge in [-0.05, 0) is 68.5 Å². The molecule has 0 saturated heterocycles. The number of hydrogen-bond donors (Lipinski definition) is 1. The Morgan fingerprint density at radius 2 is 1.80 bits per heavy atom. The van der Waals surface area contributed by atoms with Crippen molar-refractivity contribution < 1.29 is 8.42 Å². The van der Waals surface area contributed by atoms with E-state index in [4.69, 9.17) is 4.98 Å². The number of hydrogen-bond acceptors (Lipinski definition) is 4. The molecule has 4 rings (SSSR count). The summed E-state index contributed by atoms with van der Waals surface area (Å²) in [5.41, 5.74) is 4.63. The predicted octanol–water partition coefficient (Wildman–Crippen LogP) is 4.38. The summed E-state index contributed by atoms with van der Waals surface area (Å²) in [6, 6.07) is 7.96. The average Bonchev–Trinajstić information content (AvgIpc) is 3.09. The van der Waals surface area contributed by atoms with E-state index in [1.807, 2.05) is 39.0 Å². The topological polar surface area (TPSA) is 76.9 Å². The van der Waals surface area contributed by atoms with E-state index in [1.165, 1.54) is 19.3 Å². The molecule has 1 saturated carbocycles. The highest BCUT2D eigenvalue weighted by atomic mass is 32.2. The molecule has 0 atom stereocenters. The molecule has 0 amide bonds.